The molecule has 28 heavy (non-hydrogen) atoms. The largest absolute Gasteiger partial charge is 0.316 e. The average Bonchev–Trinajstić information content (AvgIpc) is 3.00. The lowest BCUT2D eigenvalue weighted by molar-refractivity contribution is -0.134. The summed E-state index contributed by atoms with van der Waals surface area (Å²) in [7, 11) is 3.72. The summed E-state index contributed by atoms with van der Waals surface area (Å²) in [5, 5.41) is 11.1. The lowest BCUT2D eigenvalue weighted by Crippen LogP contribution is -2.51. The monoisotopic (exact) mass is 383 g/mol. The van der Waals surface area contributed by atoms with Crippen LogP contribution in [0.4, 0.5) is 5.69 Å². The van der Waals surface area contributed by atoms with Gasteiger partial charge in [0.2, 0.25) is 17.7 Å². The number of aryl methyl sites for hydroxylation is 1. The summed E-state index contributed by atoms with van der Waals surface area (Å²) in [4.78, 5) is 38.4. The molecule has 0 spiro atoms. The molecule has 8 nitrogen and oxygen atoms in total. The van der Waals surface area contributed by atoms with Crippen molar-refractivity contribution in [3.63, 3.8) is 0 Å². The van der Waals surface area contributed by atoms with Crippen LogP contribution in [0.3, 0.4) is 0 Å². The van der Waals surface area contributed by atoms with Crippen molar-refractivity contribution in [3.8, 4) is 0 Å². The normalized spacial score (nSPS) is 26.0. The number of carbonyl (C=O) groups excluding carboxylic acids is 3. The maximum Gasteiger partial charge on any atom is 0.235 e. The summed E-state index contributed by atoms with van der Waals surface area (Å²) in [5.41, 5.74) is 2.40. The molecule has 0 aliphatic carbocycles. The Kier molecular flexibility index (Phi) is 4.66. The molecule has 2 aliphatic heterocycles. The zero-order valence-corrected chi connectivity index (χ0v) is 16.4. The van der Waals surface area contributed by atoms with Gasteiger partial charge in [-0.05, 0) is 38.1 Å². The molecule has 2 fully saturated rings. The summed E-state index contributed by atoms with van der Waals surface area (Å²) >= 11 is 0. The Bertz CT molecular complexity index is 966. The minimum Gasteiger partial charge on any atom is -0.316 e. The zero-order valence-electron chi connectivity index (χ0n) is 16.4. The fourth-order valence-corrected chi connectivity index (χ4v) is 4.35. The molecule has 2 aromatic rings. The minimum absolute atomic E-state index is 0.0833. The highest BCUT2D eigenvalue weighted by Gasteiger charge is 2.34. The van der Waals surface area contributed by atoms with Crippen molar-refractivity contribution in [2.45, 2.75) is 38.1 Å². The first-order valence-electron chi connectivity index (χ1n) is 9.69. The number of aromatic nitrogens is 2. The first-order chi connectivity index (χ1) is 13.4. The van der Waals surface area contributed by atoms with Crippen LogP contribution in [0, 0.1) is 5.92 Å². The number of nitrogens with one attached hydrogen (secondary N) is 2. The molecular weight excluding hydrogens is 358 g/mol. The van der Waals surface area contributed by atoms with Crippen LogP contribution >= 0.6 is 0 Å². The Balaban J connectivity index is 1.68. The lowest BCUT2D eigenvalue weighted by Gasteiger charge is -2.36. The standard InChI is InChI=1S/C20H25N5O3/c1-11-15(21-2)8-9-25(20(11)28)12-4-5-13-16(10-12)24(3)23-18(13)14-6-7-17(26)22-19(14)27/h4-5,10-11,14-15,21H,6-9H2,1-3H3,(H,22,26,27)/t11-,14?,15+/m1/s1. The predicted molar refractivity (Wildman–Crippen MR) is 105 cm³/mol. The van der Waals surface area contributed by atoms with Crippen LogP contribution in [0.15, 0.2) is 18.2 Å². The van der Waals surface area contributed by atoms with Gasteiger partial charge >= 0.3 is 0 Å². The lowest BCUT2D eigenvalue weighted by atomic mass is 9.91. The molecule has 1 unspecified atom stereocenters. The number of hydrogen-bond donors (Lipinski definition) is 2. The number of anilines is 1. The Morgan fingerprint density at radius 2 is 2.00 bits per heavy atom. The van der Waals surface area contributed by atoms with E-state index in [-0.39, 0.29) is 29.7 Å². The fraction of sp³-hybridized carbons (Fsp3) is 0.500. The van der Waals surface area contributed by atoms with E-state index in [4.69, 9.17) is 0 Å². The Morgan fingerprint density at radius 1 is 1.21 bits per heavy atom. The molecule has 2 N–H and O–H groups in total. The SMILES string of the molecule is CN[C@H]1CCN(c2ccc3c(C4CCC(=O)NC4=O)nn(C)c3c2)C(=O)[C@@H]1C. The van der Waals surface area contributed by atoms with E-state index in [1.807, 2.05) is 44.1 Å². The van der Waals surface area contributed by atoms with E-state index in [0.29, 0.717) is 25.1 Å². The second kappa shape index (κ2) is 7.01. The van der Waals surface area contributed by atoms with Crippen molar-refractivity contribution >= 4 is 34.3 Å². The smallest absolute Gasteiger partial charge is 0.235 e. The molecule has 8 heteroatoms. The summed E-state index contributed by atoms with van der Waals surface area (Å²) in [6, 6.07) is 6.01. The zero-order chi connectivity index (χ0) is 20.0. The molecule has 3 amide bonds. The van der Waals surface area contributed by atoms with Crippen molar-refractivity contribution in [3.05, 3.63) is 23.9 Å². The van der Waals surface area contributed by atoms with Crippen LogP contribution in [-0.2, 0) is 21.4 Å². The second-order valence-corrected chi connectivity index (χ2v) is 7.68. The Morgan fingerprint density at radius 3 is 2.71 bits per heavy atom. The molecule has 0 saturated carbocycles. The highest BCUT2D eigenvalue weighted by Crippen LogP contribution is 2.33. The van der Waals surface area contributed by atoms with Gasteiger partial charge in [0, 0.05) is 37.1 Å². The summed E-state index contributed by atoms with van der Waals surface area (Å²) in [6.45, 7) is 2.62. The molecule has 2 aliphatic rings. The topological polar surface area (TPSA) is 96.3 Å². The molecule has 0 bridgehead atoms. The summed E-state index contributed by atoms with van der Waals surface area (Å²) in [6.07, 6.45) is 1.68. The third kappa shape index (κ3) is 2.97. The number of hydrogen-bond acceptors (Lipinski definition) is 5. The van der Waals surface area contributed by atoms with Gasteiger partial charge in [0.05, 0.1) is 23.0 Å². The number of amides is 3. The van der Waals surface area contributed by atoms with E-state index < -0.39 is 5.92 Å². The van der Waals surface area contributed by atoms with Crippen LogP contribution in [-0.4, -0.2) is 47.1 Å². The third-order valence-corrected chi connectivity index (χ3v) is 6.04. The maximum absolute atomic E-state index is 12.8. The van der Waals surface area contributed by atoms with E-state index in [9.17, 15) is 14.4 Å². The average molecular weight is 383 g/mol. The van der Waals surface area contributed by atoms with Crippen LogP contribution < -0.4 is 15.5 Å². The van der Waals surface area contributed by atoms with Gasteiger partial charge in [0.15, 0.2) is 0 Å². The quantitative estimate of drug-likeness (QED) is 0.773. The summed E-state index contributed by atoms with van der Waals surface area (Å²) in [5.74, 6) is -0.933. The van der Waals surface area contributed by atoms with Gasteiger partial charge in [-0.1, -0.05) is 6.92 Å². The number of imide groups is 1. The van der Waals surface area contributed by atoms with E-state index in [0.717, 1.165) is 23.0 Å². The van der Waals surface area contributed by atoms with E-state index in [2.05, 4.69) is 15.7 Å². The van der Waals surface area contributed by atoms with Gasteiger partial charge in [-0.2, -0.15) is 5.10 Å². The molecule has 3 heterocycles. The number of benzene rings is 1. The van der Waals surface area contributed by atoms with Gasteiger partial charge in [0.1, 0.15) is 0 Å². The molecule has 148 valence electrons. The number of piperidine rings is 2. The Labute approximate surface area is 163 Å². The molecule has 2 saturated heterocycles. The molecule has 1 aromatic carbocycles. The molecule has 1 aromatic heterocycles. The van der Waals surface area contributed by atoms with Crippen LogP contribution in [0.5, 0.6) is 0 Å². The highest BCUT2D eigenvalue weighted by molar-refractivity contribution is 6.03. The Hall–Kier alpha value is -2.74. The highest BCUT2D eigenvalue weighted by atomic mass is 16.2. The van der Waals surface area contributed by atoms with Crippen LogP contribution in [0.2, 0.25) is 0 Å². The van der Waals surface area contributed by atoms with Gasteiger partial charge in [-0.25, -0.2) is 0 Å². The molecule has 4 rings (SSSR count). The maximum atomic E-state index is 12.8. The van der Waals surface area contributed by atoms with Gasteiger partial charge < -0.3 is 10.2 Å². The van der Waals surface area contributed by atoms with Crippen LogP contribution in [0.25, 0.3) is 10.9 Å². The molecule has 3 atom stereocenters. The predicted octanol–water partition coefficient (Wildman–Crippen LogP) is 1.05. The molecular formula is C20H25N5O3. The van der Waals surface area contributed by atoms with Gasteiger partial charge in [0.25, 0.3) is 0 Å². The van der Waals surface area contributed by atoms with Crippen LogP contribution in [0.1, 0.15) is 37.8 Å². The number of nitrogens with zero attached hydrogens (tertiary/aromatic N) is 3. The van der Waals surface area contributed by atoms with E-state index in [1.165, 1.54) is 0 Å². The van der Waals surface area contributed by atoms with Gasteiger partial charge in [-0.3, -0.25) is 24.4 Å². The van der Waals surface area contributed by atoms with Crippen molar-refractivity contribution < 1.29 is 14.4 Å². The van der Waals surface area contributed by atoms with Crippen molar-refractivity contribution in [2.24, 2.45) is 13.0 Å². The van der Waals surface area contributed by atoms with Crippen molar-refractivity contribution in [1.29, 1.82) is 0 Å². The molecule has 0 radical (unpaired) electrons. The number of fused-ring (bicyclic) bond motifs is 1. The van der Waals surface area contributed by atoms with Crippen molar-refractivity contribution in [2.75, 3.05) is 18.5 Å². The second-order valence-electron chi connectivity index (χ2n) is 7.68. The summed E-state index contributed by atoms with van der Waals surface area (Å²) < 4.78 is 1.74. The minimum atomic E-state index is -0.430. The fourth-order valence-electron chi connectivity index (χ4n) is 4.35. The first kappa shape index (κ1) is 18.6. The van der Waals surface area contributed by atoms with Gasteiger partial charge in [-0.15, -0.1) is 0 Å². The number of rotatable bonds is 3. The third-order valence-electron chi connectivity index (χ3n) is 6.04. The van der Waals surface area contributed by atoms with Crippen molar-refractivity contribution in [1.82, 2.24) is 20.4 Å². The first-order valence-corrected chi connectivity index (χ1v) is 9.69. The van der Waals surface area contributed by atoms with E-state index >= 15 is 0 Å². The van der Waals surface area contributed by atoms with E-state index in [1.54, 1.807) is 4.68 Å². The number of carbonyl (C=O) groups is 3.